The summed E-state index contributed by atoms with van der Waals surface area (Å²) in [4.78, 5) is 36.3. The first-order valence-electron chi connectivity index (χ1n) is 8.62. The molecule has 0 aliphatic carbocycles. The van der Waals surface area contributed by atoms with Crippen molar-refractivity contribution in [3.05, 3.63) is 65.7 Å². The molecule has 140 valence electrons. The molecule has 3 N–H and O–H groups in total. The Morgan fingerprint density at radius 3 is 2.56 bits per heavy atom. The normalized spacial score (nSPS) is 17.1. The lowest BCUT2D eigenvalue weighted by molar-refractivity contribution is -0.127. The van der Waals surface area contributed by atoms with E-state index < -0.39 is 24.1 Å². The number of ether oxygens (including phenoxy) is 2. The van der Waals surface area contributed by atoms with Gasteiger partial charge in [0.05, 0.1) is 5.56 Å². The van der Waals surface area contributed by atoms with Gasteiger partial charge in [0.25, 0.3) is 11.8 Å². The van der Waals surface area contributed by atoms with Crippen LogP contribution in [0.3, 0.4) is 0 Å². The molecule has 2 aromatic carbocycles. The molecule has 0 aromatic heterocycles. The zero-order chi connectivity index (χ0) is 19.2. The molecular formula is C20H20N2O5. The summed E-state index contributed by atoms with van der Waals surface area (Å²) in [5.41, 5.74) is 6.50. The van der Waals surface area contributed by atoms with Crippen LogP contribution >= 0.6 is 0 Å². The van der Waals surface area contributed by atoms with Crippen molar-refractivity contribution in [2.24, 2.45) is 5.73 Å². The zero-order valence-electron chi connectivity index (χ0n) is 14.6. The third-order valence-electron chi connectivity index (χ3n) is 4.17. The number of hydrogen-bond donors (Lipinski definition) is 2. The van der Waals surface area contributed by atoms with Gasteiger partial charge in [0.1, 0.15) is 6.10 Å². The summed E-state index contributed by atoms with van der Waals surface area (Å²) in [6.45, 7) is 0.568. The average molecular weight is 368 g/mol. The number of carbonyl (C=O) groups excluding carboxylic acids is 3. The minimum atomic E-state index is -1.19. The maximum Gasteiger partial charge on any atom is 0.339 e. The number of amides is 2. The van der Waals surface area contributed by atoms with Crippen molar-refractivity contribution in [3.63, 3.8) is 0 Å². The lowest BCUT2D eigenvalue weighted by Gasteiger charge is -2.15. The number of esters is 1. The third-order valence-corrected chi connectivity index (χ3v) is 4.17. The molecule has 0 spiro atoms. The molecule has 1 heterocycles. The first-order chi connectivity index (χ1) is 13.0. The first kappa shape index (κ1) is 18.6. The largest absolute Gasteiger partial charge is 0.444 e. The van der Waals surface area contributed by atoms with Gasteiger partial charge >= 0.3 is 5.97 Å². The quantitative estimate of drug-likeness (QED) is 0.760. The van der Waals surface area contributed by atoms with Crippen LogP contribution in [0.5, 0.6) is 0 Å². The lowest BCUT2D eigenvalue weighted by Crippen LogP contribution is -2.27. The van der Waals surface area contributed by atoms with Crippen LogP contribution < -0.4 is 11.1 Å². The molecule has 0 radical (unpaired) electrons. The standard InChI is InChI=1S/C20H20N2O5/c21-18(23)17(13-6-2-1-3-7-13)27-20(25)14-8-4-9-15(12-14)22-19(24)16-10-5-11-26-16/h1-4,6-9,12,16-17H,5,10-11H2,(H2,21,23)(H,22,24)/t16-,17+/m0/s1. The van der Waals surface area contributed by atoms with Gasteiger partial charge < -0.3 is 20.5 Å². The van der Waals surface area contributed by atoms with Gasteiger partial charge in [0.2, 0.25) is 6.10 Å². The fourth-order valence-corrected chi connectivity index (χ4v) is 2.82. The number of anilines is 1. The highest BCUT2D eigenvalue weighted by atomic mass is 16.5. The molecule has 3 rings (SSSR count). The van der Waals surface area contributed by atoms with Gasteiger partial charge in [0.15, 0.2) is 0 Å². The van der Waals surface area contributed by atoms with Crippen LogP contribution in [-0.2, 0) is 19.1 Å². The number of benzene rings is 2. The van der Waals surface area contributed by atoms with Crippen LogP contribution in [0, 0.1) is 0 Å². The predicted molar refractivity (Wildman–Crippen MR) is 97.8 cm³/mol. The fourth-order valence-electron chi connectivity index (χ4n) is 2.82. The van der Waals surface area contributed by atoms with E-state index in [2.05, 4.69) is 5.32 Å². The van der Waals surface area contributed by atoms with Crippen LogP contribution in [0.4, 0.5) is 5.69 Å². The zero-order valence-corrected chi connectivity index (χ0v) is 14.6. The van der Waals surface area contributed by atoms with E-state index >= 15 is 0 Å². The van der Waals surface area contributed by atoms with Crippen LogP contribution in [0.1, 0.15) is 34.9 Å². The number of hydrogen-bond acceptors (Lipinski definition) is 5. The molecule has 27 heavy (non-hydrogen) atoms. The average Bonchev–Trinajstić information content (AvgIpc) is 3.21. The molecule has 1 aliphatic rings. The highest BCUT2D eigenvalue weighted by molar-refractivity contribution is 5.97. The van der Waals surface area contributed by atoms with E-state index in [1.165, 1.54) is 12.1 Å². The van der Waals surface area contributed by atoms with Crippen molar-refractivity contribution in [2.75, 3.05) is 11.9 Å². The first-order valence-corrected chi connectivity index (χ1v) is 8.62. The van der Waals surface area contributed by atoms with E-state index in [0.29, 0.717) is 24.3 Å². The summed E-state index contributed by atoms with van der Waals surface area (Å²) in [6.07, 6.45) is -0.148. The smallest absolute Gasteiger partial charge is 0.339 e. The van der Waals surface area contributed by atoms with Gasteiger partial charge in [0, 0.05) is 17.9 Å². The van der Waals surface area contributed by atoms with E-state index in [0.717, 1.165) is 6.42 Å². The van der Waals surface area contributed by atoms with Crippen LogP contribution in [-0.4, -0.2) is 30.5 Å². The van der Waals surface area contributed by atoms with Gasteiger partial charge in [-0.05, 0) is 31.0 Å². The summed E-state index contributed by atoms with van der Waals surface area (Å²) in [5, 5.41) is 2.72. The second-order valence-corrected chi connectivity index (χ2v) is 6.17. The molecule has 1 saturated heterocycles. The molecule has 0 unspecified atom stereocenters. The van der Waals surface area contributed by atoms with Gasteiger partial charge in [-0.2, -0.15) is 0 Å². The van der Waals surface area contributed by atoms with E-state index in [4.69, 9.17) is 15.2 Å². The summed E-state index contributed by atoms with van der Waals surface area (Å²) in [6, 6.07) is 14.8. The Morgan fingerprint density at radius 2 is 1.89 bits per heavy atom. The highest BCUT2D eigenvalue weighted by Gasteiger charge is 2.25. The Labute approximate surface area is 156 Å². The monoisotopic (exact) mass is 368 g/mol. The van der Waals surface area contributed by atoms with E-state index in [1.807, 2.05) is 0 Å². The van der Waals surface area contributed by atoms with Gasteiger partial charge in [-0.15, -0.1) is 0 Å². The number of nitrogens with two attached hydrogens (primary N) is 1. The summed E-state index contributed by atoms with van der Waals surface area (Å²) in [7, 11) is 0. The van der Waals surface area contributed by atoms with Crippen molar-refractivity contribution >= 4 is 23.5 Å². The Bertz CT molecular complexity index is 831. The number of carbonyl (C=O) groups is 3. The maximum atomic E-state index is 12.5. The van der Waals surface area contributed by atoms with Crippen molar-refractivity contribution in [2.45, 2.75) is 25.0 Å². The summed E-state index contributed by atoms with van der Waals surface area (Å²) < 4.78 is 10.6. The molecular weight excluding hydrogens is 348 g/mol. The minimum absolute atomic E-state index is 0.197. The second kappa shape index (κ2) is 8.46. The van der Waals surface area contributed by atoms with Gasteiger partial charge in [-0.3, -0.25) is 9.59 Å². The Morgan fingerprint density at radius 1 is 1.11 bits per heavy atom. The van der Waals surface area contributed by atoms with Crippen molar-refractivity contribution in [1.82, 2.24) is 0 Å². The number of primary amides is 1. The maximum absolute atomic E-state index is 12.5. The second-order valence-electron chi connectivity index (χ2n) is 6.17. The molecule has 1 aliphatic heterocycles. The molecule has 1 fully saturated rings. The summed E-state index contributed by atoms with van der Waals surface area (Å²) >= 11 is 0. The van der Waals surface area contributed by atoms with Crippen molar-refractivity contribution in [3.8, 4) is 0 Å². The number of nitrogens with one attached hydrogen (secondary N) is 1. The van der Waals surface area contributed by atoms with Gasteiger partial charge in [-0.1, -0.05) is 36.4 Å². The molecule has 2 amide bonds. The highest BCUT2D eigenvalue weighted by Crippen LogP contribution is 2.21. The predicted octanol–water partition coefficient (Wildman–Crippen LogP) is 2.19. The molecule has 7 heteroatoms. The van der Waals surface area contributed by atoms with Gasteiger partial charge in [-0.25, -0.2) is 4.79 Å². The molecule has 0 bridgehead atoms. The van der Waals surface area contributed by atoms with Crippen LogP contribution in [0.15, 0.2) is 54.6 Å². The lowest BCUT2D eigenvalue weighted by atomic mass is 10.1. The molecule has 2 atom stereocenters. The molecule has 2 aromatic rings. The van der Waals surface area contributed by atoms with E-state index in [1.54, 1.807) is 42.5 Å². The van der Waals surface area contributed by atoms with E-state index in [9.17, 15) is 14.4 Å². The molecule has 0 saturated carbocycles. The number of rotatable bonds is 6. The minimum Gasteiger partial charge on any atom is -0.444 e. The third kappa shape index (κ3) is 4.71. The SMILES string of the molecule is NC(=O)[C@H](OC(=O)c1cccc(NC(=O)[C@@H]2CCCO2)c1)c1ccccc1. The Kier molecular flexibility index (Phi) is 5.83. The Balaban J connectivity index is 1.70. The van der Waals surface area contributed by atoms with Crippen LogP contribution in [0.2, 0.25) is 0 Å². The summed E-state index contributed by atoms with van der Waals surface area (Å²) in [5.74, 6) is -1.73. The fraction of sp³-hybridized carbons (Fsp3) is 0.250. The van der Waals surface area contributed by atoms with Crippen molar-refractivity contribution < 1.29 is 23.9 Å². The van der Waals surface area contributed by atoms with E-state index in [-0.39, 0.29) is 11.5 Å². The van der Waals surface area contributed by atoms with Crippen LogP contribution in [0.25, 0.3) is 0 Å². The Hall–Kier alpha value is -3.19. The van der Waals surface area contributed by atoms with Crippen molar-refractivity contribution in [1.29, 1.82) is 0 Å². The topological polar surface area (TPSA) is 108 Å². The molecule has 7 nitrogen and oxygen atoms in total.